The summed E-state index contributed by atoms with van der Waals surface area (Å²) >= 11 is 0. The van der Waals surface area contributed by atoms with E-state index in [0.29, 0.717) is 12.5 Å². The first-order valence-corrected chi connectivity index (χ1v) is 10.6. The van der Waals surface area contributed by atoms with Crippen LogP contribution in [-0.2, 0) is 19.1 Å². The Kier molecular flexibility index (Phi) is 3.59. The third-order valence-corrected chi connectivity index (χ3v) is 7.15. The maximum atomic E-state index is 12.2. The molecule has 0 unspecified atom stereocenters. The third-order valence-electron chi connectivity index (χ3n) is 4.37. The van der Waals surface area contributed by atoms with Crippen LogP contribution in [0.25, 0.3) is 0 Å². The number of hydrogen-bond acceptors (Lipinski definition) is 4. The van der Waals surface area contributed by atoms with Gasteiger partial charge in [-0.3, -0.25) is 0 Å². The Morgan fingerprint density at radius 2 is 1.57 bits per heavy atom. The highest BCUT2D eigenvalue weighted by atomic mass is 35.7. The first-order valence-electron chi connectivity index (χ1n) is 6.77. The smallest absolute Gasteiger partial charge is 0.211 e. The van der Waals surface area contributed by atoms with Crippen molar-refractivity contribution < 1.29 is 16.8 Å². The van der Waals surface area contributed by atoms with Crippen LogP contribution in [0.3, 0.4) is 0 Å². The average Bonchev–Trinajstić information content (AvgIpc) is 3.26. The summed E-state index contributed by atoms with van der Waals surface area (Å²) in [5.41, 5.74) is 0.173. The zero-order chi connectivity index (χ0) is 15.3. The van der Waals surface area contributed by atoms with E-state index in [0.717, 1.165) is 12.8 Å². The second-order valence-electron chi connectivity index (χ2n) is 5.87. The molecule has 0 aliphatic heterocycles. The van der Waals surface area contributed by atoms with Crippen molar-refractivity contribution in [3.63, 3.8) is 0 Å². The summed E-state index contributed by atoms with van der Waals surface area (Å²) in [5.74, 6) is 0.670. The molecule has 5 nitrogen and oxygen atoms in total. The molecule has 2 aliphatic rings. The van der Waals surface area contributed by atoms with Crippen LogP contribution in [0.4, 0.5) is 0 Å². The topological polar surface area (TPSA) is 80.3 Å². The van der Waals surface area contributed by atoms with Gasteiger partial charge in [-0.05, 0) is 61.3 Å². The summed E-state index contributed by atoms with van der Waals surface area (Å²) in [4.78, 5) is -0.0575. The predicted octanol–water partition coefficient (Wildman–Crippen LogP) is 2.08. The predicted molar refractivity (Wildman–Crippen MR) is 79.1 cm³/mol. The Morgan fingerprint density at radius 1 is 1.05 bits per heavy atom. The Morgan fingerprint density at radius 3 is 2.00 bits per heavy atom. The SMILES string of the molecule is O=S(=O)(Cl)c1ccc(S(=O)(=O)NCC2(C3CC3)CC2)cc1. The van der Waals surface area contributed by atoms with Crippen molar-refractivity contribution >= 4 is 29.8 Å². The number of benzene rings is 1. The maximum absolute atomic E-state index is 12.2. The molecule has 0 amide bonds. The lowest BCUT2D eigenvalue weighted by Crippen LogP contribution is -2.31. The van der Waals surface area contributed by atoms with Gasteiger partial charge >= 0.3 is 0 Å². The van der Waals surface area contributed by atoms with E-state index in [1.807, 2.05) is 0 Å². The lowest BCUT2D eigenvalue weighted by atomic mass is 10.0. The lowest BCUT2D eigenvalue weighted by molar-refractivity contribution is 0.432. The highest BCUT2D eigenvalue weighted by molar-refractivity contribution is 8.13. The fraction of sp³-hybridized carbons (Fsp3) is 0.538. The zero-order valence-electron chi connectivity index (χ0n) is 11.2. The van der Waals surface area contributed by atoms with Gasteiger partial charge in [0, 0.05) is 17.2 Å². The minimum absolute atomic E-state index is 0.0539. The van der Waals surface area contributed by atoms with E-state index in [2.05, 4.69) is 4.72 Å². The number of nitrogens with one attached hydrogen (secondary N) is 1. The largest absolute Gasteiger partial charge is 0.261 e. The molecule has 116 valence electrons. The average molecular weight is 350 g/mol. The first kappa shape index (κ1) is 15.3. The molecule has 0 atom stereocenters. The highest BCUT2D eigenvalue weighted by Crippen LogP contribution is 2.60. The molecule has 3 rings (SSSR count). The van der Waals surface area contributed by atoms with Crippen molar-refractivity contribution in [1.82, 2.24) is 4.72 Å². The number of halogens is 1. The molecule has 8 heteroatoms. The van der Waals surface area contributed by atoms with E-state index >= 15 is 0 Å². The fourth-order valence-electron chi connectivity index (χ4n) is 2.69. The van der Waals surface area contributed by atoms with Crippen LogP contribution in [0.2, 0.25) is 0 Å². The van der Waals surface area contributed by atoms with Crippen LogP contribution in [0.5, 0.6) is 0 Å². The van der Waals surface area contributed by atoms with Gasteiger partial charge in [0.2, 0.25) is 10.0 Å². The van der Waals surface area contributed by atoms with Crippen molar-refractivity contribution in [2.45, 2.75) is 35.5 Å². The minimum atomic E-state index is -3.84. The third kappa shape index (κ3) is 3.26. The number of sulfonamides is 1. The van der Waals surface area contributed by atoms with Gasteiger partial charge in [0.1, 0.15) is 0 Å². The van der Waals surface area contributed by atoms with Gasteiger partial charge in [0.05, 0.1) is 9.79 Å². The van der Waals surface area contributed by atoms with Gasteiger partial charge in [-0.2, -0.15) is 0 Å². The normalized spacial score (nSPS) is 21.2. The lowest BCUT2D eigenvalue weighted by Gasteiger charge is -2.15. The van der Waals surface area contributed by atoms with Gasteiger partial charge in [0.15, 0.2) is 0 Å². The summed E-state index contributed by atoms with van der Waals surface area (Å²) < 4.78 is 49.4. The molecule has 1 N–H and O–H groups in total. The van der Waals surface area contributed by atoms with Crippen molar-refractivity contribution in [3.05, 3.63) is 24.3 Å². The Hall–Kier alpha value is -0.630. The summed E-state index contributed by atoms with van der Waals surface area (Å²) in [5, 5.41) is 0. The van der Waals surface area contributed by atoms with Crippen LogP contribution >= 0.6 is 10.7 Å². The first-order chi connectivity index (χ1) is 9.73. The minimum Gasteiger partial charge on any atom is -0.211 e. The van der Waals surface area contributed by atoms with Crippen LogP contribution in [0.1, 0.15) is 25.7 Å². The molecule has 21 heavy (non-hydrogen) atoms. The highest BCUT2D eigenvalue weighted by Gasteiger charge is 2.53. The monoisotopic (exact) mass is 349 g/mol. The summed E-state index contributed by atoms with van der Waals surface area (Å²) in [6.07, 6.45) is 4.57. The zero-order valence-corrected chi connectivity index (χ0v) is 13.6. The van der Waals surface area contributed by atoms with Crippen LogP contribution in [0.15, 0.2) is 34.1 Å². The molecular formula is C13H16ClNO4S2. The number of hydrogen-bond donors (Lipinski definition) is 1. The maximum Gasteiger partial charge on any atom is 0.261 e. The quantitative estimate of drug-likeness (QED) is 0.797. The molecule has 0 radical (unpaired) electrons. The molecule has 0 heterocycles. The van der Waals surface area contributed by atoms with E-state index < -0.39 is 19.1 Å². The van der Waals surface area contributed by atoms with Crippen LogP contribution < -0.4 is 4.72 Å². The van der Waals surface area contributed by atoms with Crippen LogP contribution in [-0.4, -0.2) is 23.4 Å². The molecule has 2 aliphatic carbocycles. The van der Waals surface area contributed by atoms with Gasteiger partial charge < -0.3 is 0 Å². The van der Waals surface area contributed by atoms with E-state index in [1.54, 1.807) is 0 Å². The Bertz CT molecular complexity index is 748. The molecule has 1 aromatic carbocycles. The van der Waals surface area contributed by atoms with Gasteiger partial charge in [-0.25, -0.2) is 21.6 Å². The molecule has 0 bridgehead atoms. The van der Waals surface area contributed by atoms with E-state index in [1.165, 1.54) is 37.1 Å². The molecule has 0 aromatic heterocycles. The molecule has 0 saturated heterocycles. The van der Waals surface area contributed by atoms with E-state index in [9.17, 15) is 16.8 Å². The van der Waals surface area contributed by atoms with Gasteiger partial charge in [-0.15, -0.1) is 0 Å². The van der Waals surface area contributed by atoms with Crippen molar-refractivity contribution in [2.75, 3.05) is 6.54 Å². The Labute approximate surface area is 129 Å². The summed E-state index contributed by atoms with van der Waals surface area (Å²) in [6, 6.07) is 4.91. The molecule has 0 spiro atoms. The summed E-state index contributed by atoms with van der Waals surface area (Å²) in [7, 11) is -2.24. The molecular weight excluding hydrogens is 334 g/mol. The van der Waals surface area contributed by atoms with Crippen LogP contribution in [0, 0.1) is 11.3 Å². The van der Waals surface area contributed by atoms with E-state index in [-0.39, 0.29) is 15.2 Å². The van der Waals surface area contributed by atoms with Crippen molar-refractivity contribution in [1.29, 1.82) is 0 Å². The molecule has 2 fully saturated rings. The van der Waals surface area contributed by atoms with Crippen molar-refractivity contribution in [3.8, 4) is 0 Å². The van der Waals surface area contributed by atoms with Crippen molar-refractivity contribution in [2.24, 2.45) is 11.3 Å². The summed E-state index contributed by atoms with van der Waals surface area (Å²) in [6.45, 7) is 0.468. The molecule has 2 saturated carbocycles. The second-order valence-corrected chi connectivity index (χ2v) is 10.2. The Balaban J connectivity index is 1.72. The fourth-order valence-corrected chi connectivity index (χ4v) is 4.60. The van der Waals surface area contributed by atoms with Gasteiger partial charge in [0.25, 0.3) is 9.05 Å². The number of rotatable bonds is 6. The van der Waals surface area contributed by atoms with E-state index in [4.69, 9.17) is 10.7 Å². The van der Waals surface area contributed by atoms with Gasteiger partial charge in [-0.1, -0.05) is 0 Å². The molecule has 1 aromatic rings. The second kappa shape index (κ2) is 4.94. The standard InChI is InChI=1S/C13H16ClNO4S2/c14-20(16,17)11-3-5-12(6-4-11)21(18,19)15-9-13(7-8-13)10-1-2-10/h3-6,10,15H,1-2,7-9H2.